The molecular weight excluding hydrogens is 398 g/mol. The second-order valence-electron chi connectivity index (χ2n) is 6.40. The van der Waals surface area contributed by atoms with Gasteiger partial charge in [0.15, 0.2) is 0 Å². The summed E-state index contributed by atoms with van der Waals surface area (Å²) in [6.07, 6.45) is 0.612. The third kappa shape index (κ3) is 4.72. The Balaban J connectivity index is 1.59. The second-order valence-corrected chi connectivity index (χ2v) is 6.81. The SMILES string of the molecule is CN(CCCNc1cc(=O)oc2ccccc12)C(=O)c1ccc([N+](=O)[O-])cc1Cl. The summed E-state index contributed by atoms with van der Waals surface area (Å²) in [5.41, 5.74) is 0.774. The van der Waals surface area contributed by atoms with Gasteiger partial charge >= 0.3 is 5.63 Å². The number of fused-ring (bicyclic) bond motifs is 1. The van der Waals surface area contributed by atoms with E-state index in [1.807, 2.05) is 12.1 Å². The lowest BCUT2D eigenvalue weighted by atomic mass is 10.1. The van der Waals surface area contributed by atoms with Crippen molar-refractivity contribution in [2.45, 2.75) is 6.42 Å². The van der Waals surface area contributed by atoms with E-state index in [2.05, 4.69) is 5.32 Å². The molecule has 0 aliphatic rings. The van der Waals surface area contributed by atoms with Gasteiger partial charge in [-0.2, -0.15) is 0 Å². The van der Waals surface area contributed by atoms with Gasteiger partial charge in [-0.05, 0) is 24.6 Å². The lowest BCUT2D eigenvalue weighted by molar-refractivity contribution is -0.384. The van der Waals surface area contributed by atoms with Crippen LogP contribution in [0.1, 0.15) is 16.8 Å². The summed E-state index contributed by atoms with van der Waals surface area (Å²) in [6.45, 7) is 0.956. The molecule has 2 aromatic carbocycles. The summed E-state index contributed by atoms with van der Waals surface area (Å²) >= 11 is 6.02. The fraction of sp³-hybridized carbons (Fsp3) is 0.200. The van der Waals surface area contributed by atoms with Gasteiger partial charge in [0.1, 0.15) is 5.58 Å². The monoisotopic (exact) mass is 415 g/mol. The number of para-hydroxylation sites is 1. The highest BCUT2D eigenvalue weighted by Gasteiger charge is 2.18. The number of hydrogen-bond donors (Lipinski definition) is 1. The molecule has 0 saturated carbocycles. The smallest absolute Gasteiger partial charge is 0.338 e. The van der Waals surface area contributed by atoms with Crippen LogP contribution in [0.4, 0.5) is 11.4 Å². The lowest BCUT2D eigenvalue weighted by Crippen LogP contribution is -2.29. The molecule has 0 saturated heterocycles. The van der Waals surface area contributed by atoms with E-state index in [9.17, 15) is 19.7 Å². The number of hydrogen-bond acceptors (Lipinski definition) is 6. The quantitative estimate of drug-likeness (QED) is 0.271. The Bertz CT molecular complexity index is 1130. The third-order valence-electron chi connectivity index (χ3n) is 4.38. The van der Waals surface area contributed by atoms with Crippen molar-refractivity contribution in [3.63, 3.8) is 0 Å². The first-order valence-corrected chi connectivity index (χ1v) is 9.21. The molecule has 0 unspecified atom stereocenters. The van der Waals surface area contributed by atoms with Crippen LogP contribution < -0.4 is 10.9 Å². The Morgan fingerprint density at radius 2 is 2.00 bits per heavy atom. The molecule has 0 fully saturated rings. The Morgan fingerprint density at radius 3 is 2.72 bits per heavy atom. The number of carbonyl (C=O) groups excluding carboxylic acids is 1. The van der Waals surface area contributed by atoms with Crippen molar-refractivity contribution in [3.05, 3.63) is 79.7 Å². The maximum Gasteiger partial charge on any atom is 0.338 e. The number of non-ortho nitro benzene ring substituents is 1. The van der Waals surface area contributed by atoms with Crippen LogP contribution in [0.3, 0.4) is 0 Å². The van der Waals surface area contributed by atoms with Crippen molar-refractivity contribution in [2.75, 3.05) is 25.5 Å². The summed E-state index contributed by atoms with van der Waals surface area (Å²) in [7, 11) is 1.63. The van der Waals surface area contributed by atoms with Crippen LogP contribution in [0.2, 0.25) is 5.02 Å². The van der Waals surface area contributed by atoms with E-state index < -0.39 is 10.5 Å². The van der Waals surface area contributed by atoms with Crippen LogP contribution in [0.15, 0.2) is 57.7 Å². The van der Waals surface area contributed by atoms with E-state index in [1.54, 1.807) is 19.2 Å². The number of nitro benzene ring substituents is 1. The third-order valence-corrected chi connectivity index (χ3v) is 4.69. The van der Waals surface area contributed by atoms with E-state index in [4.69, 9.17) is 16.0 Å². The normalized spacial score (nSPS) is 10.7. The van der Waals surface area contributed by atoms with E-state index in [1.165, 1.54) is 23.1 Å². The van der Waals surface area contributed by atoms with Gasteiger partial charge in [-0.1, -0.05) is 23.7 Å². The first-order valence-electron chi connectivity index (χ1n) is 8.83. The molecule has 150 valence electrons. The van der Waals surface area contributed by atoms with Crippen molar-refractivity contribution in [1.29, 1.82) is 0 Å². The number of rotatable bonds is 7. The van der Waals surface area contributed by atoms with Crippen LogP contribution in [0.25, 0.3) is 11.0 Å². The lowest BCUT2D eigenvalue weighted by Gasteiger charge is -2.18. The van der Waals surface area contributed by atoms with Crippen molar-refractivity contribution >= 4 is 39.9 Å². The summed E-state index contributed by atoms with van der Waals surface area (Å²) < 4.78 is 5.16. The second kappa shape index (κ2) is 8.74. The fourth-order valence-electron chi connectivity index (χ4n) is 2.90. The highest BCUT2D eigenvalue weighted by Crippen LogP contribution is 2.24. The molecule has 8 nitrogen and oxygen atoms in total. The number of anilines is 1. The maximum absolute atomic E-state index is 12.5. The van der Waals surface area contributed by atoms with E-state index in [-0.39, 0.29) is 22.2 Å². The molecule has 0 radical (unpaired) electrons. The zero-order valence-electron chi connectivity index (χ0n) is 15.6. The number of nitrogens with zero attached hydrogens (tertiary/aromatic N) is 2. The van der Waals surface area contributed by atoms with Crippen LogP contribution >= 0.6 is 11.6 Å². The summed E-state index contributed by atoms with van der Waals surface area (Å²) in [4.78, 5) is 35.9. The number of amides is 1. The Morgan fingerprint density at radius 1 is 1.24 bits per heavy atom. The summed E-state index contributed by atoms with van der Waals surface area (Å²) in [5, 5.41) is 14.8. The van der Waals surface area contributed by atoms with Crippen molar-refractivity contribution in [1.82, 2.24) is 4.90 Å². The fourth-order valence-corrected chi connectivity index (χ4v) is 3.15. The largest absolute Gasteiger partial charge is 0.423 e. The Kier molecular flexibility index (Phi) is 6.13. The minimum Gasteiger partial charge on any atom is -0.423 e. The standard InChI is InChI=1S/C20H18ClN3O5/c1-23(20(26)14-8-7-13(24(27)28)11-16(14)21)10-4-9-22-17-12-19(25)29-18-6-3-2-5-15(17)18/h2-3,5-8,11-12,22H,4,9-10H2,1H3. The maximum atomic E-state index is 12.5. The molecule has 1 heterocycles. The molecule has 1 N–H and O–H groups in total. The number of nitro groups is 1. The van der Waals surface area contributed by atoms with Crippen LogP contribution in [0.5, 0.6) is 0 Å². The molecular formula is C20H18ClN3O5. The van der Waals surface area contributed by atoms with Crippen LogP contribution in [-0.2, 0) is 0 Å². The van der Waals surface area contributed by atoms with Gasteiger partial charge in [-0.25, -0.2) is 4.79 Å². The summed E-state index contributed by atoms with van der Waals surface area (Å²) in [6, 6.07) is 12.4. The van der Waals surface area contributed by atoms with Crippen LogP contribution in [0, 0.1) is 10.1 Å². The van der Waals surface area contributed by atoms with Gasteiger partial charge in [-0.15, -0.1) is 0 Å². The molecule has 1 aromatic heterocycles. The average Bonchev–Trinajstić information content (AvgIpc) is 2.70. The molecule has 3 aromatic rings. The molecule has 0 spiro atoms. The zero-order valence-corrected chi connectivity index (χ0v) is 16.3. The van der Waals surface area contributed by atoms with Gasteiger partial charge < -0.3 is 14.6 Å². The van der Waals surface area contributed by atoms with Gasteiger partial charge in [0.25, 0.3) is 11.6 Å². The number of halogens is 1. The van der Waals surface area contributed by atoms with E-state index >= 15 is 0 Å². The van der Waals surface area contributed by atoms with Gasteiger partial charge in [0.05, 0.1) is 21.2 Å². The molecule has 9 heteroatoms. The highest BCUT2D eigenvalue weighted by molar-refractivity contribution is 6.34. The first-order chi connectivity index (χ1) is 13.9. The molecule has 0 aliphatic carbocycles. The minimum atomic E-state index is -0.566. The average molecular weight is 416 g/mol. The molecule has 1 amide bonds. The Hall–Kier alpha value is -3.39. The minimum absolute atomic E-state index is 0.0386. The predicted octanol–water partition coefficient (Wildman–Crippen LogP) is 3.93. The number of carbonyl (C=O) groups is 1. The molecule has 3 rings (SSSR count). The zero-order chi connectivity index (χ0) is 21.0. The van der Waals surface area contributed by atoms with E-state index in [0.29, 0.717) is 30.8 Å². The molecule has 29 heavy (non-hydrogen) atoms. The van der Waals surface area contributed by atoms with Crippen LogP contribution in [-0.4, -0.2) is 35.9 Å². The molecule has 0 aliphatic heterocycles. The number of nitrogens with one attached hydrogen (secondary N) is 1. The molecule has 0 bridgehead atoms. The van der Waals surface area contributed by atoms with Gasteiger partial charge in [-0.3, -0.25) is 14.9 Å². The van der Waals surface area contributed by atoms with Gasteiger partial charge in [0, 0.05) is 43.7 Å². The topological polar surface area (TPSA) is 106 Å². The van der Waals surface area contributed by atoms with Crippen molar-refractivity contribution < 1.29 is 14.1 Å². The molecule has 0 atom stereocenters. The van der Waals surface area contributed by atoms with Gasteiger partial charge in [0.2, 0.25) is 0 Å². The number of benzene rings is 2. The predicted molar refractivity (Wildman–Crippen MR) is 111 cm³/mol. The highest BCUT2D eigenvalue weighted by atomic mass is 35.5. The van der Waals surface area contributed by atoms with Crippen molar-refractivity contribution in [2.24, 2.45) is 0 Å². The summed E-state index contributed by atoms with van der Waals surface area (Å²) in [5.74, 6) is -0.323. The Labute approximate surface area is 170 Å². The van der Waals surface area contributed by atoms with Crippen molar-refractivity contribution in [3.8, 4) is 0 Å². The first kappa shape index (κ1) is 20.3. The van der Waals surface area contributed by atoms with E-state index in [0.717, 1.165) is 11.5 Å².